The first-order chi connectivity index (χ1) is 35.8. The fourth-order valence-corrected chi connectivity index (χ4v) is 16.5. The van der Waals surface area contributed by atoms with E-state index in [1.165, 1.54) is 130 Å². The fourth-order valence-electron chi connectivity index (χ4n) is 16.5. The Labute approximate surface area is 462 Å². The molecule has 4 heterocycles. The number of benzene rings is 6. The molecule has 0 radical (unpaired) electrons. The summed E-state index contributed by atoms with van der Waals surface area (Å²) >= 11 is 0. The van der Waals surface area contributed by atoms with Crippen LogP contribution < -0.4 is 26.2 Å². The van der Waals surface area contributed by atoms with E-state index in [9.17, 15) is 0 Å². The number of hydrogen-bond donors (Lipinski definition) is 0. The highest BCUT2D eigenvalue weighted by Gasteiger charge is 2.52. The van der Waals surface area contributed by atoms with Gasteiger partial charge in [0.1, 0.15) is 5.58 Å². The Kier molecular flexibility index (Phi) is 9.73. The van der Waals surface area contributed by atoms with Crippen molar-refractivity contribution in [1.29, 1.82) is 0 Å². The molecule has 1 atom stereocenters. The fraction of sp³-hybridized carbons (Fsp3) is 0.479. The Bertz CT molecular complexity index is 3770. The third kappa shape index (κ3) is 6.75. The molecule has 396 valence electrons. The van der Waals surface area contributed by atoms with Gasteiger partial charge in [-0.15, -0.1) is 0 Å². The number of furan rings is 1. The van der Waals surface area contributed by atoms with Crippen molar-refractivity contribution in [1.82, 2.24) is 0 Å². The Morgan fingerprint density at radius 3 is 1.55 bits per heavy atom. The summed E-state index contributed by atoms with van der Waals surface area (Å²) in [6, 6.07) is 38.5. The summed E-state index contributed by atoms with van der Waals surface area (Å²) in [6.07, 6.45) is 9.22. The molecule has 4 aliphatic carbocycles. The number of rotatable bonds is 1. The van der Waals surface area contributed by atoms with Gasteiger partial charge in [-0.05, 0) is 221 Å². The van der Waals surface area contributed by atoms with Gasteiger partial charge in [-0.2, -0.15) is 0 Å². The van der Waals surface area contributed by atoms with Crippen LogP contribution in [0.5, 0.6) is 0 Å². The highest BCUT2D eigenvalue weighted by Crippen LogP contribution is 2.59. The lowest BCUT2D eigenvalue weighted by molar-refractivity contribution is 0.332. The zero-order valence-electron chi connectivity index (χ0n) is 50.2. The second-order valence-corrected chi connectivity index (χ2v) is 31.7. The number of fused-ring (bicyclic) bond motifs is 15. The summed E-state index contributed by atoms with van der Waals surface area (Å²) in [5.74, 6) is 0.982. The molecule has 4 heteroatoms. The Hall–Kier alpha value is -5.48. The minimum atomic E-state index is -0.170. The second-order valence-electron chi connectivity index (χ2n) is 31.7. The summed E-state index contributed by atoms with van der Waals surface area (Å²) < 4.78 is 7.80. The van der Waals surface area contributed by atoms with Gasteiger partial charge in [0, 0.05) is 44.6 Å². The van der Waals surface area contributed by atoms with Crippen LogP contribution in [0.4, 0.5) is 34.3 Å². The van der Waals surface area contributed by atoms with Crippen molar-refractivity contribution in [2.75, 3.05) is 9.80 Å². The first-order valence-corrected chi connectivity index (χ1v) is 29.9. The molecule has 6 aromatic carbocycles. The second kappa shape index (κ2) is 15.0. The lowest BCUT2D eigenvalue weighted by Gasteiger charge is -2.49. The highest BCUT2D eigenvalue weighted by atomic mass is 16.4. The SMILES string of the molecule is CC(C)(C)c1cc2c3c(c1)N(c1ccc4c(c1)C(C)(C)CCC4(C)C)c1oc4cc5c(cc4c1B3c1cc3c4cc1N2c1cc2c(cc1-c1cccc(c1)C4(C)CCC3(C)C)C(C)(C)CCC2(C)C)C(C)(C)CCC5(C)C. The van der Waals surface area contributed by atoms with E-state index in [0.29, 0.717) is 0 Å². The quantitative estimate of drug-likeness (QED) is 0.153. The van der Waals surface area contributed by atoms with Crippen LogP contribution in [0, 0.1) is 0 Å². The van der Waals surface area contributed by atoms with E-state index in [1.54, 1.807) is 0 Å². The molecule has 0 saturated heterocycles. The van der Waals surface area contributed by atoms with E-state index < -0.39 is 0 Å². The summed E-state index contributed by atoms with van der Waals surface area (Å²) in [4.78, 5) is 5.42. The molecule has 1 aromatic heterocycles. The lowest BCUT2D eigenvalue weighted by atomic mass is 9.33. The van der Waals surface area contributed by atoms with E-state index in [2.05, 4.69) is 225 Å². The summed E-state index contributed by atoms with van der Waals surface area (Å²) in [5, 5.41) is 1.27. The molecule has 0 fully saturated rings. The third-order valence-corrected chi connectivity index (χ3v) is 22.4. The number of anilines is 6. The van der Waals surface area contributed by atoms with Gasteiger partial charge in [0.15, 0.2) is 0 Å². The van der Waals surface area contributed by atoms with E-state index in [4.69, 9.17) is 4.42 Å². The van der Waals surface area contributed by atoms with Crippen LogP contribution in [-0.4, -0.2) is 6.71 Å². The zero-order chi connectivity index (χ0) is 54.5. The molecule has 0 amide bonds. The Balaban J connectivity index is 1.18. The largest absolute Gasteiger partial charge is 0.440 e. The minimum Gasteiger partial charge on any atom is -0.440 e. The molecule has 7 aliphatic rings. The van der Waals surface area contributed by atoms with Crippen LogP contribution in [0.1, 0.15) is 232 Å². The smallest absolute Gasteiger partial charge is 0.257 e. The molecule has 14 rings (SSSR count). The highest BCUT2D eigenvalue weighted by molar-refractivity contribution is 7.01. The average Bonchev–Trinajstić information content (AvgIpc) is 3.94. The van der Waals surface area contributed by atoms with Gasteiger partial charge in [-0.3, -0.25) is 4.90 Å². The molecule has 77 heavy (non-hydrogen) atoms. The van der Waals surface area contributed by atoms with Gasteiger partial charge >= 0.3 is 0 Å². The van der Waals surface area contributed by atoms with Crippen molar-refractivity contribution >= 4 is 68.4 Å². The van der Waals surface area contributed by atoms with Gasteiger partial charge < -0.3 is 9.32 Å². The molecule has 7 aromatic rings. The number of hydrogen-bond acceptors (Lipinski definition) is 3. The van der Waals surface area contributed by atoms with Crippen LogP contribution in [0.3, 0.4) is 0 Å². The molecule has 3 nitrogen and oxygen atoms in total. The molecule has 0 N–H and O–H groups in total. The van der Waals surface area contributed by atoms with Gasteiger partial charge in [-0.25, -0.2) is 0 Å². The Morgan fingerprint density at radius 2 is 0.935 bits per heavy atom. The molecular formula is C73H85BN2O. The minimum absolute atomic E-state index is 0.0149. The Morgan fingerprint density at radius 1 is 0.429 bits per heavy atom. The standard InChI is InChI=1S/C73H85BN2O/c1-65(2,3)44-33-59-63-60(34-44)76-57-39-53-50(68(8,9)26-28-70(53,12)13)36-46(57)42-20-19-21-43(32-42)73(18)31-30-72(16,17)52-38-56(58(76)40-55(52)73)74(63)62-47-37-51-54(71(14,15)29-27-69(51,10)11)41-61(47)77-64(62)75(59)45-22-23-48-49(35-45)67(6,7)25-24-66(48,4)5/h19-23,32-41H,24-31H2,1-18H3. The molecular weight excluding hydrogens is 932 g/mol. The summed E-state index contributed by atoms with van der Waals surface area (Å²) in [7, 11) is 0. The molecule has 4 bridgehead atoms. The van der Waals surface area contributed by atoms with Crippen molar-refractivity contribution in [3.8, 4) is 11.1 Å². The summed E-state index contributed by atoms with van der Waals surface area (Å²) in [6.45, 7) is 44.6. The van der Waals surface area contributed by atoms with E-state index in [0.717, 1.165) is 50.0 Å². The number of nitrogens with zero attached hydrogens (tertiary/aromatic N) is 2. The van der Waals surface area contributed by atoms with Crippen LogP contribution in [0.2, 0.25) is 0 Å². The normalized spacial score (nSPS) is 23.5. The van der Waals surface area contributed by atoms with Gasteiger partial charge in [0.2, 0.25) is 5.88 Å². The van der Waals surface area contributed by atoms with Crippen molar-refractivity contribution in [3.05, 3.63) is 147 Å². The average molecular weight is 1020 g/mol. The van der Waals surface area contributed by atoms with E-state index >= 15 is 0 Å². The van der Waals surface area contributed by atoms with Gasteiger partial charge in [-0.1, -0.05) is 161 Å². The van der Waals surface area contributed by atoms with Gasteiger partial charge in [0.25, 0.3) is 6.71 Å². The summed E-state index contributed by atoms with van der Waals surface area (Å²) in [5.41, 5.74) is 28.7. The maximum absolute atomic E-state index is 7.80. The van der Waals surface area contributed by atoms with E-state index in [1.807, 2.05) is 0 Å². The lowest BCUT2D eigenvalue weighted by Crippen LogP contribution is -2.61. The zero-order valence-corrected chi connectivity index (χ0v) is 50.2. The third-order valence-electron chi connectivity index (χ3n) is 22.4. The molecule has 0 spiro atoms. The van der Waals surface area contributed by atoms with Crippen molar-refractivity contribution in [2.24, 2.45) is 0 Å². The monoisotopic (exact) mass is 1020 g/mol. The van der Waals surface area contributed by atoms with Crippen molar-refractivity contribution < 1.29 is 4.42 Å². The van der Waals surface area contributed by atoms with Crippen LogP contribution in [-0.2, 0) is 48.7 Å². The predicted octanol–water partition coefficient (Wildman–Crippen LogP) is 18.2. The molecule has 3 aliphatic heterocycles. The molecule has 0 saturated carbocycles. The first-order valence-electron chi connectivity index (χ1n) is 29.9. The van der Waals surface area contributed by atoms with Crippen molar-refractivity contribution in [2.45, 2.75) is 225 Å². The first kappa shape index (κ1) is 49.8. The van der Waals surface area contributed by atoms with Crippen molar-refractivity contribution in [3.63, 3.8) is 0 Å². The van der Waals surface area contributed by atoms with Crippen LogP contribution >= 0.6 is 0 Å². The topological polar surface area (TPSA) is 19.6 Å². The maximum Gasteiger partial charge on any atom is 0.257 e. The van der Waals surface area contributed by atoms with Crippen LogP contribution in [0.25, 0.3) is 22.1 Å². The predicted molar refractivity (Wildman–Crippen MR) is 329 cm³/mol. The molecule has 1 unspecified atom stereocenters. The van der Waals surface area contributed by atoms with E-state index in [-0.39, 0.29) is 55.4 Å². The maximum atomic E-state index is 7.80. The van der Waals surface area contributed by atoms with Gasteiger partial charge in [0.05, 0.1) is 5.69 Å². The van der Waals surface area contributed by atoms with Crippen LogP contribution in [0.15, 0.2) is 95.4 Å².